The van der Waals surface area contributed by atoms with Gasteiger partial charge in [-0.15, -0.1) is 0 Å². The third-order valence-corrected chi connectivity index (χ3v) is 2.72. The Morgan fingerprint density at radius 2 is 2.26 bits per heavy atom. The average Bonchev–Trinajstić information content (AvgIpc) is 2.79. The van der Waals surface area contributed by atoms with Crippen LogP contribution in [-0.4, -0.2) is 39.3 Å². The molecule has 0 fully saturated rings. The number of hydrogen-bond donors (Lipinski definition) is 2. The monoisotopic (exact) mass is 265 g/mol. The number of anilines is 1. The maximum Gasteiger partial charge on any atom is 0.348 e. The van der Waals surface area contributed by atoms with Crippen molar-refractivity contribution < 1.29 is 4.74 Å². The largest absolute Gasteiger partial charge is 0.381 e. The highest BCUT2D eigenvalue weighted by Gasteiger charge is 2.01. The summed E-state index contributed by atoms with van der Waals surface area (Å²) in [5.41, 5.74) is 0.278. The van der Waals surface area contributed by atoms with Crippen LogP contribution in [0.2, 0.25) is 0 Å². The van der Waals surface area contributed by atoms with Crippen LogP contribution in [0.25, 0.3) is 5.65 Å². The molecule has 0 amide bonds. The fourth-order valence-electron chi connectivity index (χ4n) is 1.65. The molecule has 0 spiro atoms. The molecule has 0 aliphatic carbocycles. The SMILES string of the molecule is CCCCOCCCNc1cc2n[nH]c(=O)n2cn1. The molecule has 0 aromatic carbocycles. The topological polar surface area (TPSA) is 84.3 Å². The molecule has 0 radical (unpaired) electrons. The minimum absolute atomic E-state index is 0.279. The van der Waals surface area contributed by atoms with Gasteiger partial charge in [-0.05, 0) is 12.8 Å². The molecule has 0 aliphatic heterocycles. The van der Waals surface area contributed by atoms with Crippen molar-refractivity contribution >= 4 is 11.5 Å². The summed E-state index contributed by atoms with van der Waals surface area (Å²) in [5, 5.41) is 9.42. The lowest BCUT2D eigenvalue weighted by Gasteiger charge is -2.06. The van der Waals surface area contributed by atoms with Crippen LogP contribution in [0.1, 0.15) is 26.2 Å². The van der Waals surface area contributed by atoms with E-state index in [1.54, 1.807) is 6.07 Å². The highest BCUT2D eigenvalue weighted by molar-refractivity contribution is 5.48. The minimum Gasteiger partial charge on any atom is -0.381 e. The van der Waals surface area contributed by atoms with Crippen LogP contribution in [0.5, 0.6) is 0 Å². The number of unbranched alkanes of at least 4 members (excludes halogenated alkanes) is 1. The summed E-state index contributed by atoms with van der Waals surface area (Å²) < 4.78 is 6.82. The molecule has 0 unspecified atom stereocenters. The van der Waals surface area contributed by atoms with Crippen LogP contribution in [0.3, 0.4) is 0 Å². The van der Waals surface area contributed by atoms with Crippen molar-refractivity contribution in [2.24, 2.45) is 0 Å². The van der Waals surface area contributed by atoms with Gasteiger partial charge in [-0.2, -0.15) is 5.10 Å². The van der Waals surface area contributed by atoms with Crippen LogP contribution in [0.4, 0.5) is 5.82 Å². The summed E-state index contributed by atoms with van der Waals surface area (Å²) in [5.74, 6) is 0.708. The Hall–Kier alpha value is -1.89. The molecule has 19 heavy (non-hydrogen) atoms. The average molecular weight is 265 g/mol. The first-order chi connectivity index (χ1) is 9.31. The number of rotatable bonds is 8. The van der Waals surface area contributed by atoms with E-state index in [1.165, 1.54) is 10.7 Å². The lowest BCUT2D eigenvalue weighted by atomic mass is 10.3. The fraction of sp³-hybridized carbons (Fsp3) is 0.583. The van der Waals surface area contributed by atoms with E-state index in [2.05, 4.69) is 27.4 Å². The van der Waals surface area contributed by atoms with Gasteiger partial charge in [-0.25, -0.2) is 19.3 Å². The molecule has 2 N–H and O–H groups in total. The molecule has 2 aromatic rings. The first-order valence-electron chi connectivity index (χ1n) is 6.55. The van der Waals surface area contributed by atoms with E-state index in [0.29, 0.717) is 11.5 Å². The lowest BCUT2D eigenvalue weighted by molar-refractivity contribution is 0.131. The molecule has 104 valence electrons. The molecule has 0 saturated heterocycles. The maximum atomic E-state index is 11.2. The van der Waals surface area contributed by atoms with Crippen molar-refractivity contribution in [3.63, 3.8) is 0 Å². The molecule has 0 atom stereocenters. The standard InChI is InChI=1S/C12H19N5O2/c1-2-3-6-19-7-4-5-13-10-8-11-15-16-12(18)17(11)9-14-10/h8-9,13H,2-7H2,1H3,(H,16,18). The number of H-pyrrole nitrogens is 1. The zero-order valence-corrected chi connectivity index (χ0v) is 11.1. The normalized spacial score (nSPS) is 11.0. The quantitative estimate of drug-likeness (QED) is 0.697. The van der Waals surface area contributed by atoms with Gasteiger partial charge in [-0.1, -0.05) is 13.3 Å². The van der Waals surface area contributed by atoms with Crippen LogP contribution < -0.4 is 11.0 Å². The number of aromatic amines is 1. The van der Waals surface area contributed by atoms with Crippen molar-refractivity contribution in [3.05, 3.63) is 22.9 Å². The Morgan fingerprint density at radius 3 is 3.11 bits per heavy atom. The number of ether oxygens (including phenoxy) is 1. The first kappa shape index (κ1) is 13.5. The second kappa shape index (κ2) is 6.89. The zero-order valence-electron chi connectivity index (χ0n) is 11.1. The van der Waals surface area contributed by atoms with Gasteiger partial charge in [-0.3, -0.25) is 0 Å². The number of nitrogens with zero attached hydrogens (tertiary/aromatic N) is 3. The van der Waals surface area contributed by atoms with Crippen molar-refractivity contribution in [2.45, 2.75) is 26.2 Å². The van der Waals surface area contributed by atoms with Crippen molar-refractivity contribution in [2.75, 3.05) is 25.1 Å². The highest BCUT2D eigenvalue weighted by atomic mass is 16.5. The molecule has 0 saturated carbocycles. The van der Waals surface area contributed by atoms with Crippen LogP contribution >= 0.6 is 0 Å². The van der Waals surface area contributed by atoms with Gasteiger partial charge in [0.15, 0.2) is 5.65 Å². The summed E-state index contributed by atoms with van der Waals surface area (Å²) in [4.78, 5) is 15.4. The molecule has 2 heterocycles. The molecule has 7 heteroatoms. The molecule has 0 bridgehead atoms. The molecule has 7 nitrogen and oxygen atoms in total. The minimum atomic E-state index is -0.279. The Kier molecular flexibility index (Phi) is 4.91. The van der Waals surface area contributed by atoms with E-state index >= 15 is 0 Å². The van der Waals surface area contributed by atoms with Gasteiger partial charge in [0.1, 0.15) is 12.1 Å². The van der Waals surface area contributed by atoms with Crippen molar-refractivity contribution in [3.8, 4) is 0 Å². The Morgan fingerprint density at radius 1 is 1.42 bits per heavy atom. The predicted molar refractivity (Wildman–Crippen MR) is 72.4 cm³/mol. The van der Waals surface area contributed by atoms with Crippen LogP contribution in [0, 0.1) is 0 Å². The summed E-state index contributed by atoms with van der Waals surface area (Å²) >= 11 is 0. The second-order valence-corrected chi connectivity index (χ2v) is 4.28. The van der Waals surface area contributed by atoms with Gasteiger partial charge in [0.2, 0.25) is 0 Å². The molecule has 2 rings (SSSR count). The summed E-state index contributed by atoms with van der Waals surface area (Å²) in [6.07, 6.45) is 4.65. The number of aromatic nitrogens is 4. The van der Waals surface area contributed by atoms with Gasteiger partial charge >= 0.3 is 5.69 Å². The molecular weight excluding hydrogens is 246 g/mol. The van der Waals surface area contributed by atoms with Gasteiger partial charge in [0.05, 0.1) is 0 Å². The molecular formula is C12H19N5O2. The molecule has 0 aliphatic rings. The van der Waals surface area contributed by atoms with E-state index in [4.69, 9.17) is 4.74 Å². The smallest absolute Gasteiger partial charge is 0.348 e. The third kappa shape index (κ3) is 3.78. The van der Waals surface area contributed by atoms with Gasteiger partial charge in [0, 0.05) is 25.8 Å². The van der Waals surface area contributed by atoms with Crippen molar-refractivity contribution in [1.29, 1.82) is 0 Å². The van der Waals surface area contributed by atoms with Crippen LogP contribution in [-0.2, 0) is 4.74 Å². The fourth-order valence-corrected chi connectivity index (χ4v) is 1.65. The Labute approximate surface area is 111 Å². The molecule has 2 aromatic heterocycles. The Balaban J connectivity index is 1.74. The summed E-state index contributed by atoms with van der Waals surface area (Å²) in [7, 11) is 0. The first-order valence-corrected chi connectivity index (χ1v) is 6.55. The van der Waals surface area contributed by atoms with Gasteiger partial charge < -0.3 is 10.1 Å². The summed E-state index contributed by atoms with van der Waals surface area (Å²) in [6, 6.07) is 1.73. The van der Waals surface area contributed by atoms with E-state index in [0.717, 1.165) is 39.0 Å². The maximum absolute atomic E-state index is 11.2. The summed E-state index contributed by atoms with van der Waals surface area (Å²) in [6.45, 7) is 4.51. The highest BCUT2D eigenvalue weighted by Crippen LogP contribution is 2.04. The van der Waals surface area contributed by atoms with Crippen LogP contribution in [0.15, 0.2) is 17.2 Å². The number of hydrogen-bond acceptors (Lipinski definition) is 5. The van der Waals surface area contributed by atoms with Gasteiger partial charge in [0.25, 0.3) is 0 Å². The Bertz CT molecular complexity index is 562. The predicted octanol–water partition coefficient (Wildman–Crippen LogP) is 1.04. The number of fused-ring (bicyclic) bond motifs is 1. The second-order valence-electron chi connectivity index (χ2n) is 4.28. The third-order valence-electron chi connectivity index (χ3n) is 2.72. The number of nitrogens with one attached hydrogen (secondary N) is 2. The van der Waals surface area contributed by atoms with Crippen molar-refractivity contribution in [1.82, 2.24) is 19.6 Å². The van der Waals surface area contributed by atoms with E-state index in [-0.39, 0.29) is 5.69 Å². The van der Waals surface area contributed by atoms with E-state index in [9.17, 15) is 4.79 Å². The van der Waals surface area contributed by atoms with E-state index in [1.807, 2.05) is 0 Å². The zero-order chi connectivity index (χ0) is 13.5. The van der Waals surface area contributed by atoms with E-state index < -0.39 is 0 Å². The lowest BCUT2D eigenvalue weighted by Crippen LogP contribution is -2.11.